The molecule has 5 nitrogen and oxygen atoms in total. The van der Waals surface area contributed by atoms with Gasteiger partial charge in [0.05, 0.1) is 13.0 Å². The summed E-state index contributed by atoms with van der Waals surface area (Å²) in [7, 11) is 0. The van der Waals surface area contributed by atoms with Gasteiger partial charge in [0.1, 0.15) is 11.8 Å². The lowest BCUT2D eigenvalue weighted by Gasteiger charge is -2.10. The van der Waals surface area contributed by atoms with Crippen molar-refractivity contribution in [3.8, 4) is 11.8 Å². The first-order valence-electron chi connectivity index (χ1n) is 6.22. The molecule has 0 radical (unpaired) electrons. The van der Waals surface area contributed by atoms with Gasteiger partial charge in [0, 0.05) is 18.7 Å². The van der Waals surface area contributed by atoms with E-state index in [2.05, 4.69) is 5.32 Å². The van der Waals surface area contributed by atoms with E-state index >= 15 is 0 Å². The van der Waals surface area contributed by atoms with E-state index in [1.807, 2.05) is 30.3 Å². The number of benzene rings is 1. The summed E-state index contributed by atoms with van der Waals surface area (Å²) in [6.07, 6.45) is 0.342. The molecule has 0 atom stereocenters. The van der Waals surface area contributed by atoms with Gasteiger partial charge in [0.25, 0.3) is 0 Å². The highest BCUT2D eigenvalue weighted by atomic mass is 16.5. The molecule has 0 saturated heterocycles. The van der Waals surface area contributed by atoms with E-state index in [1.165, 1.54) is 0 Å². The minimum atomic E-state index is -0.205. The highest BCUT2D eigenvalue weighted by Gasteiger charge is 2.04. The van der Waals surface area contributed by atoms with Gasteiger partial charge in [-0.3, -0.25) is 4.79 Å². The Morgan fingerprint density at radius 3 is 2.95 bits per heavy atom. The number of rotatable bonds is 8. The van der Waals surface area contributed by atoms with E-state index in [1.54, 1.807) is 6.92 Å². The van der Waals surface area contributed by atoms with Crippen LogP contribution in [-0.2, 0) is 16.1 Å². The maximum absolute atomic E-state index is 11.1. The molecule has 0 saturated carbocycles. The van der Waals surface area contributed by atoms with Gasteiger partial charge in [-0.15, -0.1) is 0 Å². The van der Waals surface area contributed by atoms with Crippen molar-refractivity contribution in [1.82, 2.24) is 5.32 Å². The van der Waals surface area contributed by atoms with Crippen LogP contribution in [-0.4, -0.2) is 25.7 Å². The van der Waals surface area contributed by atoms with Gasteiger partial charge in [-0.1, -0.05) is 18.2 Å². The molecule has 0 fully saturated rings. The van der Waals surface area contributed by atoms with Crippen LogP contribution in [0.15, 0.2) is 24.3 Å². The molecule has 0 aromatic heterocycles. The number of carbonyl (C=O) groups excluding carboxylic acids is 1. The van der Waals surface area contributed by atoms with Crippen molar-refractivity contribution in [2.45, 2.75) is 19.9 Å². The average Bonchev–Trinajstić information content (AvgIpc) is 2.42. The first-order chi connectivity index (χ1) is 9.27. The van der Waals surface area contributed by atoms with Crippen molar-refractivity contribution in [1.29, 1.82) is 5.26 Å². The Bertz CT molecular complexity index is 441. The number of carbonyl (C=O) groups is 1. The lowest BCUT2D eigenvalue weighted by atomic mass is 10.2. The molecule has 1 aromatic rings. The fourth-order valence-electron chi connectivity index (χ4n) is 1.55. The monoisotopic (exact) mass is 262 g/mol. The smallest absolute Gasteiger partial charge is 0.307 e. The van der Waals surface area contributed by atoms with Crippen LogP contribution >= 0.6 is 0 Å². The Hall–Kier alpha value is -2.06. The predicted octanol–water partition coefficient (Wildman–Crippen LogP) is 1.63. The molecular formula is C14H18N2O3. The van der Waals surface area contributed by atoms with Crippen molar-refractivity contribution in [2.24, 2.45) is 0 Å². The van der Waals surface area contributed by atoms with Crippen molar-refractivity contribution < 1.29 is 14.3 Å². The van der Waals surface area contributed by atoms with Crippen LogP contribution in [0.2, 0.25) is 0 Å². The number of esters is 1. The minimum absolute atomic E-state index is 0.0276. The van der Waals surface area contributed by atoms with Crippen molar-refractivity contribution >= 4 is 5.97 Å². The molecule has 1 rings (SSSR count). The molecule has 0 aliphatic heterocycles. The quantitative estimate of drug-likeness (QED) is 0.569. The summed E-state index contributed by atoms with van der Waals surface area (Å²) in [5, 5.41) is 11.6. The van der Waals surface area contributed by atoms with E-state index in [9.17, 15) is 4.79 Å². The Morgan fingerprint density at radius 2 is 2.21 bits per heavy atom. The van der Waals surface area contributed by atoms with Crippen LogP contribution in [0.5, 0.6) is 5.75 Å². The van der Waals surface area contributed by atoms with Crippen LogP contribution in [0, 0.1) is 11.3 Å². The molecule has 0 aliphatic carbocycles. The summed E-state index contributed by atoms with van der Waals surface area (Å²) < 4.78 is 10.1. The fourth-order valence-corrected chi connectivity index (χ4v) is 1.55. The van der Waals surface area contributed by atoms with Crippen molar-refractivity contribution in [3.05, 3.63) is 29.8 Å². The Morgan fingerprint density at radius 1 is 1.42 bits per heavy atom. The first-order valence-corrected chi connectivity index (χ1v) is 6.22. The summed E-state index contributed by atoms with van der Waals surface area (Å²) in [5.41, 5.74) is 0.960. The van der Waals surface area contributed by atoms with E-state index in [0.717, 1.165) is 5.56 Å². The van der Waals surface area contributed by atoms with Crippen LogP contribution in [0.1, 0.15) is 18.9 Å². The second-order valence-electron chi connectivity index (χ2n) is 3.79. The zero-order valence-electron chi connectivity index (χ0n) is 11.0. The summed E-state index contributed by atoms with van der Waals surface area (Å²) in [6.45, 7) is 3.35. The van der Waals surface area contributed by atoms with Gasteiger partial charge in [0.15, 0.2) is 6.61 Å². The number of hydrogen-bond acceptors (Lipinski definition) is 5. The maximum atomic E-state index is 11.1. The second-order valence-corrected chi connectivity index (χ2v) is 3.79. The molecule has 5 heteroatoms. The van der Waals surface area contributed by atoms with Gasteiger partial charge in [-0.25, -0.2) is 0 Å². The van der Waals surface area contributed by atoms with Crippen LogP contribution < -0.4 is 10.1 Å². The molecule has 0 bridgehead atoms. The normalized spacial score (nSPS) is 9.68. The standard InChI is InChI=1S/C14H18N2O3/c1-2-18-14(17)7-9-16-11-12-5-3-4-6-13(12)19-10-8-15/h3-6,16H,2,7,9-11H2,1H3. The molecule has 102 valence electrons. The van der Waals surface area contributed by atoms with Crippen molar-refractivity contribution in [3.63, 3.8) is 0 Å². The van der Waals surface area contributed by atoms with Gasteiger partial charge in [-0.05, 0) is 13.0 Å². The topological polar surface area (TPSA) is 71.3 Å². The van der Waals surface area contributed by atoms with E-state index < -0.39 is 0 Å². The van der Waals surface area contributed by atoms with Crippen LogP contribution in [0.25, 0.3) is 0 Å². The number of para-hydroxylation sites is 1. The van der Waals surface area contributed by atoms with Crippen LogP contribution in [0.3, 0.4) is 0 Å². The van der Waals surface area contributed by atoms with E-state index in [0.29, 0.717) is 31.9 Å². The van der Waals surface area contributed by atoms with E-state index in [4.69, 9.17) is 14.7 Å². The van der Waals surface area contributed by atoms with Gasteiger partial charge >= 0.3 is 5.97 Å². The first kappa shape index (κ1) is 15.0. The molecule has 0 aliphatic rings. The lowest BCUT2D eigenvalue weighted by Crippen LogP contribution is -2.19. The Kier molecular flexibility index (Phi) is 7.06. The predicted molar refractivity (Wildman–Crippen MR) is 70.5 cm³/mol. The summed E-state index contributed by atoms with van der Waals surface area (Å²) in [6, 6.07) is 9.44. The molecule has 0 heterocycles. The third-order valence-corrected chi connectivity index (χ3v) is 2.39. The van der Waals surface area contributed by atoms with Gasteiger partial charge in [-0.2, -0.15) is 5.26 Å². The highest BCUT2D eigenvalue weighted by Crippen LogP contribution is 2.17. The second kappa shape index (κ2) is 8.95. The summed E-state index contributed by atoms with van der Waals surface area (Å²) >= 11 is 0. The zero-order chi connectivity index (χ0) is 13.9. The minimum Gasteiger partial charge on any atom is -0.478 e. The SMILES string of the molecule is CCOC(=O)CCNCc1ccccc1OCC#N. The van der Waals surface area contributed by atoms with Gasteiger partial charge in [0.2, 0.25) is 0 Å². The Balaban J connectivity index is 2.36. The van der Waals surface area contributed by atoms with Crippen molar-refractivity contribution in [2.75, 3.05) is 19.8 Å². The molecule has 0 amide bonds. The number of nitriles is 1. The molecule has 0 unspecified atom stereocenters. The summed E-state index contributed by atoms with van der Waals surface area (Å²) in [4.78, 5) is 11.1. The highest BCUT2D eigenvalue weighted by molar-refractivity contribution is 5.69. The number of nitrogens with zero attached hydrogens (tertiary/aromatic N) is 1. The maximum Gasteiger partial charge on any atom is 0.307 e. The fraction of sp³-hybridized carbons (Fsp3) is 0.429. The number of ether oxygens (including phenoxy) is 2. The third kappa shape index (κ3) is 5.89. The molecule has 1 N–H and O–H groups in total. The zero-order valence-corrected chi connectivity index (χ0v) is 11.0. The van der Waals surface area contributed by atoms with Crippen LogP contribution in [0.4, 0.5) is 0 Å². The Labute approximate surface area is 113 Å². The molecule has 19 heavy (non-hydrogen) atoms. The average molecular weight is 262 g/mol. The van der Waals surface area contributed by atoms with Gasteiger partial charge < -0.3 is 14.8 Å². The largest absolute Gasteiger partial charge is 0.478 e. The summed E-state index contributed by atoms with van der Waals surface area (Å²) in [5.74, 6) is 0.483. The molecular weight excluding hydrogens is 244 g/mol. The molecule has 0 spiro atoms. The lowest BCUT2D eigenvalue weighted by molar-refractivity contribution is -0.142. The number of nitrogens with one attached hydrogen (secondary N) is 1. The number of hydrogen-bond donors (Lipinski definition) is 1. The third-order valence-electron chi connectivity index (χ3n) is 2.39. The molecule has 1 aromatic carbocycles. The van der Waals surface area contributed by atoms with E-state index in [-0.39, 0.29) is 12.6 Å².